The van der Waals surface area contributed by atoms with E-state index in [9.17, 15) is 19.7 Å². The van der Waals surface area contributed by atoms with E-state index in [4.69, 9.17) is 11.6 Å². The van der Waals surface area contributed by atoms with Crippen LogP contribution in [0.15, 0.2) is 12.1 Å². The highest BCUT2D eigenvalue weighted by molar-refractivity contribution is 6.34. The number of non-ortho nitro benzene ring substituents is 1. The Morgan fingerprint density at radius 1 is 1.53 bits per heavy atom. The number of Topliss-reactive ketones (excluding diaryl/α,β-unsaturated/α-hetero) is 1. The van der Waals surface area contributed by atoms with Gasteiger partial charge in [-0.3, -0.25) is 19.7 Å². The first-order chi connectivity index (χ1) is 6.97. The van der Waals surface area contributed by atoms with Gasteiger partial charge in [0, 0.05) is 23.3 Å². The second-order valence-corrected chi connectivity index (χ2v) is 3.23. The van der Waals surface area contributed by atoms with Crippen LogP contribution < -0.4 is 0 Å². The fraction of sp³-hybridized carbons (Fsp3) is 0.111. The average Bonchev–Trinajstić information content (AvgIpc) is 2.16. The van der Waals surface area contributed by atoms with Gasteiger partial charge in [0.2, 0.25) is 0 Å². The van der Waals surface area contributed by atoms with Crippen LogP contribution >= 0.6 is 11.6 Å². The molecular weight excluding hydrogens is 222 g/mol. The summed E-state index contributed by atoms with van der Waals surface area (Å²) in [5.41, 5.74) is -0.366. The molecule has 15 heavy (non-hydrogen) atoms. The minimum absolute atomic E-state index is 0.0187. The lowest BCUT2D eigenvalue weighted by Gasteiger charge is -2.02. The van der Waals surface area contributed by atoms with Gasteiger partial charge in [0.05, 0.1) is 9.95 Å². The van der Waals surface area contributed by atoms with Gasteiger partial charge in [0.25, 0.3) is 5.69 Å². The van der Waals surface area contributed by atoms with Crippen molar-refractivity contribution in [3.05, 3.63) is 38.4 Å². The predicted molar refractivity (Wildman–Crippen MR) is 53.5 cm³/mol. The van der Waals surface area contributed by atoms with Gasteiger partial charge in [-0.25, -0.2) is 0 Å². The Hall–Kier alpha value is -1.75. The number of ketones is 1. The van der Waals surface area contributed by atoms with Crippen molar-refractivity contribution in [2.24, 2.45) is 0 Å². The molecule has 0 aliphatic carbocycles. The Bertz CT molecular complexity index is 456. The molecule has 0 atom stereocenters. The van der Waals surface area contributed by atoms with Crippen molar-refractivity contribution < 1.29 is 14.5 Å². The number of hydrogen-bond acceptors (Lipinski definition) is 4. The summed E-state index contributed by atoms with van der Waals surface area (Å²) in [5.74, 6) is -0.442. The van der Waals surface area contributed by atoms with Gasteiger partial charge in [-0.15, -0.1) is 0 Å². The Morgan fingerprint density at radius 2 is 2.13 bits per heavy atom. The third-order valence-corrected chi connectivity index (χ3v) is 2.13. The molecule has 0 radical (unpaired) electrons. The number of nitro groups is 1. The maximum atomic E-state index is 11.1. The normalized spacial score (nSPS) is 9.73. The predicted octanol–water partition coefficient (Wildman–Crippen LogP) is 2.26. The highest BCUT2D eigenvalue weighted by atomic mass is 35.5. The van der Waals surface area contributed by atoms with Crippen LogP contribution in [0.4, 0.5) is 5.69 Å². The summed E-state index contributed by atoms with van der Waals surface area (Å²) in [7, 11) is 0. The van der Waals surface area contributed by atoms with Crippen molar-refractivity contribution in [2.75, 3.05) is 0 Å². The van der Waals surface area contributed by atoms with Crippen molar-refractivity contribution in [3.8, 4) is 0 Å². The maximum absolute atomic E-state index is 11.1. The minimum Gasteiger partial charge on any atom is -0.298 e. The minimum atomic E-state index is -0.674. The summed E-state index contributed by atoms with van der Waals surface area (Å²) in [5, 5.41) is 10.4. The molecule has 6 heteroatoms. The Morgan fingerprint density at radius 3 is 2.53 bits per heavy atom. The van der Waals surface area contributed by atoms with Crippen LogP contribution in [0.25, 0.3) is 0 Å². The van der Waals surface area contributed by atoms with E-state index in [1.54, 1.807) is 0 Å². The molecule has 0 N–H and O–H groups in total. The highest BCUT2D eigenvalue weighted by Gasteiger charge is 2.17. The number of nitrogens with zero attached hydrogens (tertiary/aromatic N) is 1. The van der Waals surface area contributed by atoms with Crippen LogP contribution in [0.5, 0.6) is 0 Å². The third-order valence-electron chi connectivity index (χ3n) is 1.82. The van der Waals surface area contributed by atoms with Gasteiger partial charge in [-0.05, 0) is 6.92 Å². The molecule has 0 aliphatic heterocycles. The van der Waals surface area contributed by atoms with E-state index in [1.165, 1.54) is 6.92 Å². The zero-order chi connectivity index (χ0) is 11.6. The second-order valence-electron chi connectivity index (χ2n) is 2.82. The monoisotopic (exact) mass is 227 g/mol. The molecule has 0 aromatic heterocycles. The molecule has 0 fully saturated rings. The smallest absolute Gasteiger partial charge is 0.271 e. The molecule has 0 unspecified atom stereocenters. The lowest BCUT2D eigenvalue weighted by atomic mass is 10.0. The lowest BCUT2D eigenvalue weighted by Crippen LogP contribution is -2.01. The zero-order valence-electron chi connectivity index (χ0n) is 7.69. The number of carbonyl (C=O) groups excluding carboxylic acids is 2. The topological polar surface area (TPSA) is 77.3 Å². The molecule has 0 heterocycles. The van der Waals surface area contributed by atoms with Gasteiger partial charge in [-0.1, -0.05) is 11.6 Å². The van der Waals surface area contributed by atoms with Crippen LogP contribution in [0.2, 0.25) is 5.02 Å². The van der Waals surface area contributed by atoms with E-state index in [0.29, 0.717) is 6.29 Å². The third kappa shape index (κ3) is 2.19. The van der Waals surface area contributed by atoms with Crippen molar-refractivity contribution in [3.63, 3.8) is 0 Å². The molecule has 0 saturated heterocycles. The summed E-state index contributed by atoms with van der Waals surface area (Å²) in [6.45, 7) is 1.21. The summed E-state index contributed by atoms with van der Waals surface area (Å²) in [6, 6.07) is 2.08. The van der Waals surface area contributed by atoms with Gasteiger partial charge >= 0.3 is 0 Å². The molecule has 78 valence electrons. The Balaban J connectivity index is 3.52. The quantitative estimate of drug-likeness (QED) is 0.343. The van der Waals surface area contributed by atoms with E-state index in [0.717, 1.165) is 12.1 Å². The molecular formula is C9H6ClNO4. The molecule has 1 aromatic carbocycles. The van der Waals surface area contributed by atoms with Crippen molar-refractivity contribution in [1.82, 2.24) is 0 Å². The van der Waals surface area contributed by atoms with Crippen LogP contribution in [0.1, 0.15) is 27.6 Å². The van der Waals surface area contributed by atoms with Crippen LogP contribution in [0.3, 0.4) is 0 Å². The van der Waals surface area contributed by atoms with E-state index in [1.807, 2.05) is 0 Å². The number of hydrogen-bond donors (Lipinski definition) is 0. The molecule has 0 saturated carbocycles. The Kier molecular flexibility index (Phi) is 3.16. The summed E-state index contributed by atoms with van der Waals surface area (Å²) >= 11 is 5.63. The summed E-state index contributed by atoms with van der Waals surface area (Å²) in [6.07, 6.45) is 0.406. The van der Waals surface area contributed by atoms with Crippen molar-refractivity contribution in [1.29, 1.82) is 0 Å². The van der Waals surface area contributed by atoms with Gasteiger partial charge in [0.15, 0.2) is 12.1 Å². The van der Waals surface area contributed by atoms with E-state index < -0.39 is 10.7 Å². The number of rotatable bonds is 3. The maximum Gasteiger partial charge on any atom is 0.271 e. The number of benzene rings is 1. The molecule has 0 bridgehead atoms. The SMILES string of the molecule is CC(=O)c1cc([N+](=O)[O-])cc(Cl)c1C=O. The fourth-order valence-electron chi connectivity index (χ4n) is 1.12. The van der Waals surface area contributed by atoms with Crippen molar-refractivity contribution in [2.45, 2.75) is 6.92 Å². The fourth-order valence-corrected chi connectivity index (χ4v) is 1.38. The largest absolute Gasteiger partial charge is 0.298 e. The molecule has 0 amide bonds. The molecule has 0 aliphatic rings. The number of carbonyl (C=O) groups is 2. The molecule has 1 aromatic rings. The number of nitro benzene ring substituents is 1. The Labute approximate surface area is 89.8 Å². The van der Waals surface area contributed by atoms with Crippen LogP contribution in [0, 0.1) is 10.1 Å². The van der Waals surface area contributed by atoms with Gasteiger partial charge in [-0.2, -0.15) is 0 Å². The van der Waals surface area contributed by atoms with Crippen molar-refractivity contribution >= 4 is 29.4 Å². The van der Waals surface area contributed by atoms with Crippen LogP contribution in [-0.2, 0) is 0 Å². The van der Waals surface area contributed by atoms with E-state index >= 15 is 0 Å². The van der Waals surface area contributed by atoms with Gasteiger partial charge < -0.3 is 0 Å². The summed E-state index contributed by atoms with van der Waals surface area (Å²) in [4.78, 5) is 31.5. The number of halogens is 1. The standard InChI is InChI=1S/C9H6ClNO4/c1-5(13)7-2-6(11(14)15)3-9(10)8(7)4-12/h2-4H,1H3. The summed E-state index contributed by atoms with van der Waals surface area (Å²) < 4.78 is 0. The highest BCUT2D eigenvalue weighted by Crippen LogP contribution is 2.25. The molecule has 5 nitrogen and oxygen atoms in total. The average molecular weight is 228 g/mol. The van der Waals surface area contributed by atoms with E-state index in [-0.39, 0.29) is 21.8 Å². The first-order valence-corrected chi connectivity index (χ1v) is 4.29. The first kappa shape index (κ1) is 11.3. The lowest BCUT2D eigenvalue weighted by molar-refractivity contribution is -0.384. The number of aldehydes is 1. The second kappa shape index (κ2) is 4.18. The molecule has 1 rings (SSSR count). The van der Waals surface area contributed by atoms with E-state index in [2.05, 4.69) is 0 Å². The van der Waals surface area contributed by atoms with Gasteiger partial charge in [0.1, 0.15) is 0 Å². The zero-order valence-corrected chi connectivity index (χ0v) is 8.45. The molecule has 0 spiro atoms. The van der Waals surface area contributed by atoms with Crippen LogP contribution in [-0.4, -0.2) is 17.0 Å². The first-order valence-electron chi connectivity index (χ1n) is 3.91.